The third-order valence-corrected chi connectivity index (χ3v) is 4.24. The molecule has 1 atom stereocenters. The number of aliphatic hydroxyl groups is 2. The minimum Gasteiger partial charge on any atom is -0.494 e. The van der Waals surface area contributed by atoms with Crippen LogP contribution in [0.4, 0.5) is 0 Å². The van der Waals surface area contributed by atoms with Crippen molar-refractivity contribution in [2.75, 3.05) is 26.3 Å². The van der Waals surface area contributed by atoms with E-state index in [-0.39, 0.29) is 6.61 Å². The van der Waals surface area contributed by atoms with Crippen LogP contribution in [0.25, 0.3) is 0 Å². The van der Waals surface area contributed by atoms with Gasteiger partial charge in [0.05, 0.1) is 13.2 Å². The fourth-order valence-electron chi connectivity index (χ4n) is 2.61. The van der Waals surface area contributed by atoms with Crippen molar-refractivity contribution in [2.24, 2.45) is 0 Å². The summed E-state index contributed by atoms with van der Waals surface area (Å²) in [5.74, 6) is 0.761. The predicted molar refractivity (Wildman–Crippen MR) is 99.5 cm³/mol. The molecular weight excluding hydrogens is 370 g/mol. The maximum absolute atomic E-state index is 10.8. The zero-order valence-electron chi connectivity index (χ0n) is 13.8. The van der Waals surface area contributed by atoms with Crippen molar-refractivity contribution in [1.82, 2.24) is 5.32 Å². The second-order valence-electron chi connectivity index (χ2n) is 5.47. The molecule has 2 aromatic carbocycles. The van der Waals surface area contributed by atoms with Gasteiger partial charge in [0.15, 0.2) is 0 Å². The molecule has 4 nitrogen and oxygen atoms in total. The third kappa shape index (κ3) is 5.31. The van der Waals surface area contributed by atoms with Gasteiger partial charge in [0.1, 0.15) is 11.9 Å². The van der Waals surface area contributed by atoms with Crippen LogP contribution >= 0.6 is 15.9 Å². The molecule has 5 heteroatoms. The Morgan fingerprint density at radius 1 is 1.17 bits per heavy atom. The van der Waals surface area contributed by atoms with Gasteiger partial charge in [0.25, 0.3) is 0 Å². The van der Waals surface area contributed by atoms with Crippen LogP contribution in [0.15, 0.2) is 46.9 Å². The lowest BCUT2D eigenvalue weighted by molar-refractivity contribution is 0.218. The first-order valence-corrected chi connectivity index (χ1v) is 8.95. The quantitative estimate of drug-likeness (QED) is 0.573. The zero-order chi connectivity index (χ0) is 17.4. The number of hydrogen-bond donors (Lipinski definition) is 3. The lowest BCUT2D eigenvalue weighted by atomic mass is 9.95. The molecule has 0 heterocycles. The van der Waals surface area contributed by atoms with Crippen LogP contribution in [0.5, 0.6) is 5.75 Å². The molecule has 0 bridgehead atoms. The first kappa shape index (κ1) is 18.9. The minimum atomic E-state index is -0.702. The lowest BCUT2D eigenvalue weighted by Gasteiger charge is -2.17. The van der Waals surface area contributed by atoms with Gasteiger partial charge in [-0.05, 0) is 60.8 Å². The summed E-state index contributed by atoms with van der Waals surface area (Å²) in [6.07, 6.45) is 0.0723. The molecule has 0 amide bonds. The average molecular weight is 394 g/mol. The van der Waals surface area contributed by atoms with Crippen molar-refractivity contribution in [2.45, 2.75) is 19.4 Å². The van der Waals surface area contributed by atoms with Gasteiger partial charge in [0, 0.05) is 11.0 Å². The van der Waals surface area contributed by atoms with Crippen molar-refractivity contribution in [3.8, 4) is 5.75 Å². The summed E-state index contributed by atoms with van der Waals surface area (Å²) >= 11 is 3.49. The Labute approximate surface area is 151 Å². The van der Waals surface area contributed by atoms with Crippen LogP contribution < -0.4 is 10.1 Å². The Balaban J connectivity index is 2.21. The fourth-order valence-corrected chi connectivity index (χ4v) is 3.01. The highest BCUT2D eigenvalue weighted by atomic mass is 79.9. The van der Waals surface area contributed by atoms with Gasteiger partial charge in [0.2, 0.25) is 0 Å². The monoisotopic (exact) mass is 393 g/mol. The van der Waals surface area contributed by atoms with Gasteiger partial charge in [-0.1, -0.05) is 34.1 Å². The minimum absolute atomic E-state index is 0.123. The Morgan fingerprint density at radius 3 is 2.75 bits per heavy atom. The number of nitrogens with one attached hydrogen (secondary N) is 1. The fraction of sp³-hybridized carbons (Fsp3) is 0.368. The van der Waals surface area contributed by atoms with E-state index in [2.05, 4.69) is 21.2 Å². The van der Waals surface area contributed by atoms with E-state index in [1.807, 2.05) is 49.4 Å². The van der Waals surface area contributed by atoms with Crippen LogP contribution in [0.3, 0.4) is 0 Å². The number of benzene rings is 2. The summed E-state index contributed by atoms with van der Waals surface area (Å²) in [7, 11) is 0. The molecule has 2 rings (SSSR count). The molecule has 1 unspecified atom stereocenters. The summed E-state index contributed by atoms with van der Waals surface area (Å²) in [6.45, 7) is 3.98. The molecule has 0 aliphatic heterocycles. The lowest BCUT2D eigenvalue weighted by Crippen LogP contribution is -2.21. The van der Waals surface area contributed by atoms with E-state index < -0.39 is 6.10 Å². The summed E-state index contributed by atoms with van der Waals surface area (Å²) in [5.41, 5.74) is 2.77. The van der Waals surface area contributed by atoms with Gasteiger partial charge in [-0.2, -0.15) is 0 Å². The van der Waals surface area contributed by atoms with Gasteiger partial charge in [-0.15, -0.1) is 0 Å². The Kier molecular flexibility index (Phi) is 7.72. The summed E-state index contributed by atoms with van der Waals surface area (Å²) in [4.78, 5) is 0. The van der Waals surface area contributed by atoms with Crippen molar-refractivity contribution in [1.29, 1.82) is 0 Å². The highest BCUT2D eigenvalue weighted by Gasteiger charge is 2.15. The molecule has 0 saturated heterocycles. The number of halogens is 1. The molecule has 130 valence electrons. The second-order valence-corrected chi connectivity index (χ2v) is 6.39. The highest BCUT2D eigenvalue weighted by Crippen LogP contribution is 2.29. The molecule has 0 aliphatic carbocycles. The second kappa shape index (κ2) is 9.79. The van der Waals surface area contributed by atoms with E-state index in [0.29, 0.717) is 13.2 Å². The number of ether oxygens (including phenoxy) is 1. The molecule has 3 N–H and O–H groups in total. The van der Waals surface area contributed by atoms with Gasteiger partial charge in [-0.25, -0.2) is 0 Å². The normalized spacial score (nSPS) is 12.2. The smallest absolute Gasteiger partial charge is 0.119 e. The maximum atomic E-state index is 10.8. The molecule has 0 spiro atoms. The summed E-state index contributed by atoms with van der Waals surface area (Å²) in [6, 6.07) is 13.5. The van der Waals surface area contributed by atoms with Crippen LogP contribution in [0.1, 0.15) is 29.7 Å². The molecule has 0 aromatic heterocycles. The van der Waals surface area contributed by atoms with Crippen molar-refractivity contribution in [3.05, 3.63) is 63.6 Å². The number of aliphatic hydroxyl groups excluding tert-OH is 2. The molecule has 24 heavy (non-hydrogen) atoms. The first-order chi connectivity index (χ1) is 11.7. The summed E-state index contributed by atoms with van der Waals surface area (Å²) < 4.78 is 6.51. The van der Waals surface area contributed by atoms with Crippen LogP contribution in [0, 0.1) is 0 Å². The van der Waals surface area contributed by atoms with E-state index in [9.17, 15) is 5.11 Å². The average Bonchev–Trinajstić information content (AvgIpc) is 2.59. The van der Waals surface area contributed by atoms with E-state index >= 15 is 0 Å². The van der Waals surface area contributed by atoms with Crippen LogP contribution in [-0.4, -0.2) is 36.5 Å². The van der Waals surface area contributed by atoms with Gasteiger partial charge in [-0.3, -0.25) is 0 Å². The molecule has 0 fully saturated rings. The standard InChI is InChI=1S/C19H24BrNO3/c1-2-24-17-5-3-4-15(13-17)19(23)18-7-6-16(20)12-14(18)8-9-21-10-11-22/h3-7,12-13,19,21-23H,2,8-11H2,1H3. The third-order valence-electron chi connectivity index (χ3n) is 3.74. The molecule has 0 aliphatic rings. The van der Waals surface area contributed by atoms with Crippen LogP contribution in [0.2, 0.25) is 0 Å². The number of hydrogen-bond acceptors (Lipinski definition) is 4. The molecule has 0 radical (unpaired) electrons. The Hall–Kier alpha value is -1.40. The van der Waals surface area contributed by atoms with Crippen LogP contribution in [-0.2, 0) is 6.42 Å². The Bertz CT molecular complexity index is 648. The largest absolute Gasteiger partial charge is 0.494 e. The SMILES string of the molecule is CCOc1cccc(C(O)c2ccc(Br)cc2CCNCCO)c1. The molecular formula is C19H24BrNO3. The molecule has 0 saturated carbocycles. The highest BCUT2D eigenvalue weighted by molar-refractivity contribution is 9.10. The topological polar surface area (TPSA) is 61.7 Å². The summed E-state index contributed by atoms with van der Waals surface area (Å²) in [5, 5.41) is 22.8. The van der Waals surface area contributed by atoms with Crippen molar-refractivity contribution in [3.63, 3.8) is 0 Å². The van der Waals surface area contributed by atoms with Crippen molar-refractivity contribution >= 4 is 15.9 Å². The predicted octanol–water partition coefficient (Wildman–Crippen LogP) is 3.05. The van der Waals surface area contributed by atoms with Gasteiger partial charge < -0.3 is 20.3 Å². The molecule has 2 aromatic rings. The van der Waals surface area contributed by atoms with E-state index in [1.54, 1.807) is 0 Å². The van der Waals surface area contributed by atoms with E-state index in [0.717, 1.165) is 39.9 Å². The van der Waals surface area contributed by atoms with E-state index in [1.165, 1.54) is 0 Å². The maximum Gasteiger partial charge on any atom is 0.119 e. The van der Waals surface area contributed by atoms with Crippen molar-refractivity contribution < 1.29 is 14.9 Å². The zero-order valence-corrected chi connectivity index (χ0v) is 15.4. The first-order valence-electron chi connectivity index (χ1n) is 8.16. The Morgan fingerprint density at radius 2 is 2.00 bits per heavy atom. The van der Waals surface area contributed by atoms with E-state index in [4.69, 9.17) is 9.84 Å². The number of rotatable bonds is 9. The van der Waals surface area contributed by atoms with Gasteiger partial charge >= 0.3 is 0 Å².